The van der Waals surface area contributed by atoms with Gasteiger partial charge in [0.25, 0.3) is 0 Å². The van der Waals surface area contributed by atoms with E-state index in [4.69, 9.17) is 30.5 Å². The van der Waals surface area contributed by atoms with Crippen molar-refractivity contribution < 1.29 is 54.7 Å². The van der Waals surface area contributed by atoms with Gasteiger partial charge in [-0.25, -0.2) is 0 Å². The lowest BCUT2D eigenvalue weighted by atomic mass is 9.98. The molecule has 0 saturated carbocycles. The van der Waals surface area contributed by atoms with Gasteiger partial charge in [-0.3, -0.25) is 0 Å². The Hall–Kier alpha value is -0.930. The van der Waals surface area contributed by atoms with Crippen molar-refractivity contribution in [1.29, 1.82) is 0 Å². The summed E-state index contributed by atoms with van der Waals surface area (Å²) in [4.78, 5) is 0. The van der Waals surface area contributed by atoms with E-state index in [0.29, 0.717) is 10.6 Å². The smallest absolute Gasteiger partial charge is 0.187 e. The van der Waals surface area contributed by atoms with Crippen molar-refractivity contribution >= 4 is 11.6 Å². The van der Waals surface area contributed by atoms with E-state index in [9.17, 15) is 35.7 Å². The summed E-state index contributed by atoms with van der Waals surface area (Å²) < 4.78 is 21.6. The Morgan fingerprint density at radius 2 is 1.29 bits per heavy atom. The van der Waals surface area contributed by atoms with Gasteiger partial charge in [0, 0.05) is 5.02 Å². The van der Waals surface area contributed by atoms with Crippen LogP contribution < -0.4 is 0 Å². The average Bonchev–Trinajstić information content (AvgIpc) is 2.77. The molecule has 7 N–H and O–H groups in total. The Kier molecular flexibility index (Phi) is 8.60. The van der Waals surface area contributed by atoms with Crippen molar-refractivity contribution in [1.82, 2.24) is 0 Å². The van der Waals surface area contributed by atoms with Crippen LogP contribution in [0.2, 0.25) is 5.02 Å². The summed E-state index contributed by atoms with van der Waals surface area (Å²) in [5, 5.41) is 69.9. The van der Waals surface area contributed by atoms with Crippen molar-refractivity contribution in [2.45, 2.75) is 68.0 Å². The number of halogens is 1. The second-order valence-electron chi connectivity index (χ2n) is 7.45. The van der Waals surface area contributed by atoms with Crippen LogP contribution in [0, 0.1) is 0 Å². The number of aliphatic hydroxyl groups is 7. The Labute approximate surface area is 182 Å². The van der Waals surface area contributed by atoms with Gasteiger partial charge in [0.15, 0.2) is 12.6 Å². The van der Waals surface area contributed by atoms with Gasteiger partial charge in [-0.2, -0.15) is 0 Å². The minimum Gasteiger partial charge on any atom is -0.394 e. The van der Waals surface area contributed by atoms with E-state index in [-0.39, 0.29) is 6.61 Å². The molecule has 12 heteroatoms. The van der Waals surface area contributed by atoms with Crippen LogP contribution >= 0.6 is 11.6 Å². The van der Waals surface area contributed by atoms with Gasteiger partial charge >= 0.3 is 0 Å². The van der Waals surface area contributed by atoms with Crippen LogP contribution in [0.4, 0.5) is 0 Å². The molecule has 1 aromatic rings. The highest BCUT2D eigenvalue weighted by atomic mass is 35.5. The number of hydrogen-bond donors (Lipinski definition) is 7. The summed E-state index contributed by atoms with van der Waals surface area (Å²) in [5.41, 5.74) is 0.620. The topological polar surface area (TPSA) is 179 Å². The van der Waals surface area contributed by atoms with Gasteiger partial charge in [-0.1, -0.05) is 29.8 Å². The highest BCUT2D eigenvalue weighted by molar-refractivity contribution is 6.31. The Bertz CT molecular complexity index is 707. The predicted octanol–water partition coefficient (Wildman–Crippen LogP) is -2.52. The quantitative estimate of drug-likeness (QED) is 0.225. The van der Waals surface area contributed by atoms with Crippen molar-refractivity contribution in [2.75, 3.05) is 13.2 Å². The second kappa shape index (κ2) is 10.8. The zero-order valence-electron chi connectivity index (χ0n) is 16.3. The molecule has 0 bridgehead atoms. The van der Waals surface area contributed by atoms with E-state index < -0.39 is 74.6 Å². The lowest BCUT2D eigenvalue weighted by Gasteiger charge is -2.42. The summed E-state index contributed by atoms with van der Waals surface area (Å²) in [7, 11) is 0. The molecule has 176 valence electrons. The van der Waals surface area contributed by atoms with Crippen LogP contribution in [-0.2, 0) is 25.6 Å². The molecule has 0 spiro atoms. The molecule has 3 rings (SSSR count). The molecule has 0 aromatic heterocycles. The SMILES string of the molecule is OC[C@H]1O[C@@H](OC[C@H]2O[C@@H](OCc3ccccc3Cl)[C@H](O)[C@@H](O)[C@@H]2O)[C@H](O)[C@@H](O)[C@@H]1O. The summed E-state index contributed by atoms with van der Waals surface area (Å²) in [6, 6.07) is 6.86. The Morgan fingerprint density at radius 1 is 0.742 bits per heavy atom. The first kappa shape index (κ1) is 24.7. The predicted molar refractivity (Wildman–Crippen MR) is 103 cm³/mol. The molecule has 31 heavy (non-hydrogen) atoms. The van der Waals surface area contributed by atoms with E-state index in [0.717, 1.165) is 0 Å². The fourth-order valence-electron chi connectivity index (χ4n) is 3.37. The second-order valence-corrected chi connectivity index (χ2v) is 7.85. The van der Waals surface area contributed by atoms with Crippen molar-refractivity contribution in [3.63, 3.8) is 0 Å². The summed E-state index contributed by atoms with van der Waals surface area (Å²) in [6.45, 7) is -1.10. The molecule has 2 heterocycles. The highest BCUT2D eigenvalue weighted by Gasteiger charge is 2.47. The van der Waals surface area contributed by atoms with Gasteiger partial charge in [0.1, 0.15) is 48.8 Å². The van der Waals surface area contributed by atoms with Crippen molar-refractivity contribution in [3.05, 3.63) is 34.9 Å². The average molecular weight is 467 g/mol. The standard InChI is InChI=1S/C19H27ClO11/c20-9-4-2-1-3-8(9)6-28-18-17(27)15(25)13(23)11(31-18)7-29-19-16(26)14(24)12(22)10(5-21)30-19/h1-4,10-19,21-27H,5-7H2/t10-,11-,12-,13-,14+,15+,16-,17-,18-,19-/m1/s1. The highest BCUT2D eigenvalue weighted by Crippen LogP contribution is 2.27. The van der Waals surface area contributed by atoms with Crippen LogP contribution in [0.5, 0.6) is 0 Å². The number of rotatable bonds is 7. The van der Waals surface area contributed by atoms with E-state index in [1.807, 2.05) is 0 Å². The number of ether oxygens (including phenoxy) is 4. The third-order valence-corrected chi connectivity index (χ3v) is 5.67. The molecule has 0 amide bonds. The zero-order valence-corrected chi connectivity index (χ0v) is 17.1. The maximum Gasteiger partial charge on any atom is 0.187 e. The minimum atomic E-state index is -1.64. The fourth-order valence-corrected chi connectivity index (χ4v) is 3.56. The van der Waals surface area contributed by atoms with Gasteiger partial charge in [0.2, 0.25) is 0 Å². The molecular formula is C19H27ClO11. The number of aliphatic hydroxyl groups excluding tert-OH is 7. The molecule has 2 saturated heterocycles. The lowest BCUT2D eigenvalue weighted by molar-refractivity contribution is -0.332. The van der Waals surface area contributed by atoms with E-state index in [1.54, 1.807) is 24.3 Å². The number of benzene rings is 1. The first-order valence-corrected chi connectivity index (χ1v) is 10.1. The van der Waals surface area contributed by atoms with Crippen LogP contribution in [0.15, 0.2) is 24.3 Å². The van der Waals surface area contributed by atoms with Crippen LogP contribution in [0.1, 0.15) is 5.56 Å². The summed E-state index contributed by atoms with van der Waals surface area (Å²) >= 11 is 6.07. The molecule has 2 aliphatic rings. The van der Waals surface area contributed by atoms with Gasteiger partial charge in [0.05, 0.1) is 19.8 Å². The molecule has 0 radical (unpaired) electrons. The maximum absolute atomic E-state index is 10.2. The van der Waals surface area contributed by atoms with Crippen LogP contribution in [0.25, 0.3) is 0 Å². The van der Waals surface area contributed by atoms with Gasteiger partial charge in [-0.15, -0.1) is 0 Å². The third kappa shape index (κ3) is 5.53. The van der Waals surface area contributed by atoms with E-state index in [2.05, 4.69) is 0 Å². The zero-order chi connectivity index (χ0) is 22.7. The lowest BCUT2D eigenvalue weighted by Crippen LogP contribution is -2.61. The molecular weight excluding hydrogens is 440 g/mol. The Morgan fingerprint density at radius 3 is 1.90 bits per heavy atom. The molecule has 10 atom stereocenters. The van der Waals surface area contributed by atoms with Crippen molar-refractivity contribution in [3.8, 4) is 0 Å². The molecule has 0 unspecified atom stereocenters. The molecule has 11 nitrogen and oxygen atoms in total. The first-order chi connectivity index (χ1) is 14.7. The molecule has 2 fully saturated rings. The fraction of sp³-hybridized carbons (Fsp3) is 0.684. The largest absolute Gasteiger partial charge is 0.394 e. The summed E-state index contributed by atoms with van der Waals surface area (Å²) in [5.74, 6) is 0. The first-order valence-electron chi connectivity index (χ1n) is 9.71. The monoisotopic (exact) mass is 466 g/mol. The molecule has 1 aromatic carbocycles. The van der Waals surface area contributed by atoms with Crippen molar-refractivity contribution in [2.24, 2.45) is 0 Å². The molecule has 0 aliphatic carbocycles. The van der Waals surface area contributed by atoms with Gasteiger partial charge in [-0.05, 0) is 11.6 Å². The molecule has 2 aliphatic heterocycles. The maximum atomic E-state index is 10.2. The third-order valence-electron chi connectivity index (χ3n) is 5.30. The van der Waals surface area contributed by atoms with E-state index >= 15 is 0 Å². The normalized spacial score (nSPS) is 41.3. The van der Waals surface area contributed by atoms with Gasteiger partial charge < -0.3 is 54.7 Å². The summed E-state index contributed by atoms with van der Waals surface area (Å²) in [6.07, 6.45) is -14.7. The Balaban J connectivity index is 1.60. The van der Waals surface area contributed by atoms with Crippen LogP contribution in [0.3, 0.4) is 0 Å². The van der Waals surface area contributed by atoms with E-state index in [1.165, 1.54) is 0 Å². The minimum absolute atomic E-state index is 0.0372. The number of hydrogen-bond acceptors (Lipinski definition) is 11. The van der Waals surface area contributed by atoms with Crippen LogP contribution in [-0.4, -0.2) is 110 Å².